The van der Waals surface area contributed by atoms with Crippen molar-refractivity contribution >= 4 is 12.1 Å². The monoisotopic (exact) mass is 222 g/mol. The van der Waals surface area contributed by atoms with Gasteiger partial charge in [0.05, 0.1) is 6.10 Å². The summed E-state index contributed by atoms with van der Waals surface area (Å²) in [5, 5.41) is 0. The maximum absolute atomic E-state index is 11.3. The lowest BCUT2D eigenvalue weighted by Gasteiger charge is -2.27. The summed E-state index contributed by atoms with van der Waals surface area (Å²) >= 11 is 0. The van der Waals surface area contributed by atoms with E-state index in [9.17, 15) is 9.59 Å². The number of rotatable bonds is 4. The van der Waals surface area contributed by atoms with E-state index in [-0.39, 0.29) is 17.8 Å². The average Bonchev–Trinajstić information content (AvgIpc) is 2.27. The van der Waals surface area contributed by atoms with Gasteiger partial charge in [0.25, 0.3) is 0 Å². The summed E-state index contributed by atoms with van der Waals surface area (Å²) in [7, 11) is 1.64. The molecule has 1 saturated carbocycles. The molecule has 0 saturated heterocycles. The first-order chi connectivity index (χ1) is 7.67. The number of methoxy groups -OCH3 is 1. The van der Waals surface area contributed by atoms with Crippen molar-refractivity contribution in [1.82, 2.24) is 0 Å². The van der Waals surface area contributed by atoms with Crippen molar-refractivity contribution in [3.05, 3.63) is 23.8 Å². The Balaban J connectivity index is 2.61. The van der Waals surface area contributed by atoms with Gasteiger partial charge in [-0.25, -0.2) is 0 Å². The lowest BCUT2D eigenvalue weighted by atomic mass is 9.85. The fourth-order valence-corrected chi connectivity index (χ4v) is 1.91. The normalized spacial score (nSPS) is 27.4. The maximum Gasteiger partial charge on any atom is 0.143 e. The van der Waals surface area contributed by atoms with Crippen LogP contribution in [0, 0.1) is 5.92 Å². The van der Waals surface area contributed by atoms with Crippen molar-refractivity contribution in [3.63, 3.8) is 0 Å². The number of ether oxygens (including phenoxy) is 1. The van der Waals surface area contributed by atoms with Gasteiger partial charge in [0, 0.05) is 25.9 Å². The number of Topliss-reactive ketones (excluding diaryl/α,β-unsaturated/α-hetero) is 1. The van der Waals surface area contributed by atoms with Crippen molar-refractivity contribution in [1.29, 1.82) is 0 Å². The standard InChI is InChI=1S/C13H18O3/c1-10(7-8-14)3-4-11-5-6-12(15)9-13(11)16-2/h3-4,7-8,11,13H,5-6,9H2,1-2H3/b4-3+,10-7-/t11-,13?/m1/s1. The Morgan fingerprint density at radius 3 is 2.88 bits per heavy atom. The minimum atomic E-state index is -0.0125. The SMILES string of the molecule is COC1CC(=O)CC[C@H]1/C=C/C(C)=C\C=O. The van der Waals surface area contributed by atoms with Gasteiger partial charge in [-0.2, -0.15) is 0 Å². The fourth-order valence-electron chi connectivity index (χ4n) is 1.91. The van der Waals surface area contributed by atoms with E-state index in [0.29, 0.717) is 12.8 Å². The summed E-state index contributed by atoms with van der Waals surface area (Å²) in [5.74, 6) is 0.550. The number of allylic oxidation sites excluding steroid dienone is 3. The van der Waals surface area contributed by atoms with Crippen molar-refractivity contribution < 1.29 is 14.3 Å². The number of carbonyl (C=O) groups excluding carboxylic acids is 2. The van der Waals surface area contributed by atoms with Gasteiger partial charge in [0.15, 0.2) is 0 Å². The zero-order valence-corrected chi connectivity index (χ0v) is 9.81. The molecule has 1 rings (SSSR count). The molecule has 3 heteroatoms. The van der Waals surface area contributed by atoms with Crippen LogP contribution in [0.25, 0.3) is 0 Å². The van der Waals surface area contributed by atoms with Crippen LogP contribution in [0.4, 0.5) is 0 Å². The Morgan fingerprint density at radius 1 is 1.50 bits per heavy atom. The first-order valence-electron chi connectivity index (χ1n) is 5.52. The van der Waals surface area contributed by atoms with Crippen LogP contribution in [-0.4, -0.2) is 25.3 Å². The second-order valence-corrected chi connectivity index (χ2v) is 4.13. The number of ketones is 1. The van der Waals surface area contributed by atoms with Crippen molar-refractivity contribution in [2.45, 2.75) is 32.3 Å². The highest BCUT2D eigenvalue weighted by Crippen LogP contribution is 2.25. The van der Waals surface area contributed by atoms with Gasteiger partial charge in [-0.3, -0.25) is 9.59 Å². The predicted octanol–water partition coefficient (Wildman–Crippen LogP) is 2.07. The van der Waals surface area contributed by atoms with Crippen molar-refractivity contribution in [3.8, 4) is 0 Å². The first kappa shape index (κ1) is 12.8. The highest BCUT2D eigenvalue weighted by molar-refractivity contribution is 5.79. The molecule has 0 radical (unpaired) electrons. The van der Waals surface area contributed by atoms with E-state index in [4.69, 9.17) is 4.74 Å². The minimum absolute atomic E-state index is 0.0125. The van der Waals surface area contributed by atoms with E-state index in [1.807, 2.05) is 19.1 Å². The van der Waals surface area contributed by atoms with Gasteiger partial charge < -0.3 is 4.74 Å². The van der Waals surface area contributed by atoms with Gasteiger partial charge in [0.1, 0.15) is 12.1 Å². The second-order valence-electron chi connectivity index (χ2n) is 4.13. The molecular weight excluding hydrogens is 204 g/mol. The topological polar surface area (TPSA) is 43.4 Å². The molecule has 2 atom stereocenters. The molecule has 3 nitrogen and oxygen atoms in total. The van der Waals surface area contributed by atoms with E-state index in [1.54, 1.807) is 7.11 Å². The highest BCUT2D eigenvalue weighted by atomic mass is 16.5. The van der Waals surface area contributed by atoms with Gasteiger partial charge in [0.2, 0.25) is 0 Å². The number of carbonyl (C=O) groups is 2. The molecule has 1 unspecified atom stereocenters. The Morgan fingerprint density at radius 2 is 2.25 bits per heavy atom. The van der Waals surface area contributed by atoms with Crippen LogP contribution < -0.4 is 0 Å². The number of hydrogen-bond donors (Lipinski definition) is 0. The first-order valence-corrected chi connectivity index (χ1v) is 5.52. The van der Waals surface area contributed by atoms with Crippen LogP contribution in [0.3, 0.4) is 0 Å². The average molecular weight is 222 g/mol. The third-order valence-electron chi connectivity index (χ3n) is 2.90. The largest absolute Gasteiger partial charge is 0.380 e. The Labute approximate surface area is 96.2 Å². The number of hydrogen-bond acceptors (Lipinski definition) is 3. The molecule has 88 valence electrons. The summed E-state index contributed by atoms with van der Waals surface area (Å²) in [6.07, 6.45) is 8.21. The smallest absolute Gasteiger partial charge is 0.143 e. The molecule has 0 spiro atoms. The highest BCUT2D eigenvalue weighted by Gasteiger charge is 2.27. The Hall–Kier alpha value is -1.22. The molecular formula is C13H18O3. The van der Waals surface area contributed by atoms with Gasteiger partial charge >= 0.3 is 0 Å². The predicted molar refractivity (Wildman–Crippen MR) is 62.1 cm³/mol. The summed E-state index contributed by atoms with van der Waals surface area (Å²) in [5.41, 5.74) is 0.918. The zero-order valence-electron chi connectivity index (χ0n) is 9.81. The van der Waals surface area contributed by atoms with Crippen LogP contribution in [-0.2, 0) is 14.3 Å². The Kier molecular flexibility index (Phi) is 5.12. The molecule has 1 fully saturated rings. The third-order valence-corrected chi connectivity index (χ3v) is 2.90. The van der Waals surface area contributed by atoms with E-state index < -0.39 is 0 Å². The molecule has 0 aromatic carbocycles. The fraction of sp³-hybridized carbons (Fsp3) is 0.538. The Bertz CT molecular complexity index is 315. The molecule has 0 N–H and O–H groups in total. The molecule has 0 aromatic rings. The quantitative estimate of drug-likeness (QED) is 0.415. The summed E-state index contributed by atoms with van der Waals surface area (Å²) in [4.78, 5) is 21.5. The third kappa shape index (κ3) is 3.74. The molecule has 0 aromatic heterocycles. The molecule has 1 aliphatic rings. The van der Waals surface area contributed by atoms with Crippen molar-refractivity contribution in [2.75, 3.05) is 7.11 Å². The summed E-state index contributed by atoms with van der Waals surface area (Å²) in [6, 6.07) is 0. The van der Waals surface area contributed by atoms with Gasteiger partial charge in [-0.05, 0) is 25.0 Å². The van der Waals surface area contributed by atoms with Crippen LogP contribution in [0.2, 0.25) is 0 Å². The molecule has 16 heavy (non-hydrogen) atoms. The number of aldehydes is 1. The molecule has 0 heterocycles. The van der Waals surface area contributed by atoms with E-state index in [2.05, 4.69) is 0 Å². The van der Waals surface area contributed by atoms with Gasteiger partial charge in [-0.1, -0.05) is 12.2 Å². The minimum Gasteiger partial charge on any atom is -0.380 e. The van der Waals surface area contributed by atoms with Crippen LogP contribution >= 0.6 is 0 Å². The molecule has 0 aliphatic heterocycles. The van der Waals surface area contributed by atoms with E-state index >= 15 is 0 Å². The molecule has 0 bridgehead atoms. The van der Waals surface area contributed by atoms with Crippen LogP contribution in [0.1, 0.15) is 26.2 Å². The lowest BCUT2D eigenvalue weighted by Crippen LogP contribution is -2.30. The van der Waals surface area contributed by atoms with Crippen molar-refractivity contribution in [2.24, 2.45) is 5.92 Å². The van der Waals surface area contributed by atoms with E-state index in [1.165, 1.54) is 6.08 Å². The summed E-state index contributed by atoms with van der Waals surface area (Å²) in [6.45, 7) is 1.88. The van der Waals surface area contributed by atoms with Crippen LogP contribution in [0.5, 0.6) is 0 Å². The molecule has 0 amide bonds. The summed E-state index contributed by atoms with van der Waals surface area (Å²) < 4.78 is 5.31. The maximum atomic E-state index is 11.3. The van der Waals surface area contributed by atoms with E-state index in [0.717, 1.165) is 18.3 Å². The van der Waals surface area contributed by atoms with Crippen LogP contribution in [0.15, 0.2) is 23.8 Å². The molecule has 1 aliphatic carbocycles. The van der Waals surface area contributed by atoms with Gasteiger partial charge in [-0.15, -0.1) is 0 Å². The second kappa shape index (κ2) is 6.38. The lowest BCUT2D eigenvalue weighted by molar-refractivity contribution is -0.125. The zero-order chi connectivity index (χ0) is 12.0.